The average Bonchev–Trinajstić information content (AvgIpc) is 2.78. The van der Waals surface area contributed by atoms with Crippen molar-refractivity contribution in [1.29, 1.82) is 0 Å². The van der Waals surface area contributed by atoms with Crippen LogP contribution in [0.2, 0.25) is 0 Å². The number of guanidine groups is 1. The topological polar surface area (TPSA) is 55.8 Å². The lowest BCUT2D eigenvalue weighted by Gasteiger charge is -2.33. The molecule has 6 nitrogen and oxygen atoms in total. The van der Waals surface area contributed by atoms with Gasteiger partial charge in [0.25, 0.3) is 0 Å². The second-order valence-corrected chi connectivity index (χ2v) is 8.32. The largest absolute Gasteiger partial charge is 0.357 e. The molecule has 0 aromatic carbocycles. The number of unbranched alkanes of at least 4 members (excludes halogenated alkanes) is 2. The maximum Gasteiger partial charge on any atom is 0.191 e. The number of rotatable bonds is 9. The Morgan fingerprint density at radius 3 is 2.57 bits per heavy atom. The number of piperidine rings is 2. The number of pyridine rings is 1. The lowest BCUT2D eigenvalue weighted by molar-refractivity contribution is 0.224. The van der Waals surface area contributed by atoms with Gasteiger partial charge in [0.15, 0.2) is 5.96 Å². The number of anilines is 1. The quantitative estimate of drug-likeness (QED) is 0.221. The minimum Gasteiger partial charge on any atom is -0.357 e. The van der Waals surface area contributed by atoms with E-state index in [2.05, 4.69) is 44.5 Å². The van der Waals surface area contributed by atoms with Gasteiger partial charge in [-0.3, -0.25) is 4.99 Å². The molecule has 0 atom stereocenters. The minimum absolute atomic E-state index is 0. The Labute approximate surface area is 200 Å². The van der Waals surface area contributed by atoms with Gasteiger partial charge in [-0.05, 0) is 77.2 Å². The van der Waals surface area contributed by atoms with Crippen molar-refractivity contribution in [3.63, 3.8) is 0 Å². The summed E-state index contributed by atoms with van der Waals surface area (Å²) in [7, 11) is 0. The fourth-order valence-electron chi connectivity index (χ4n) is 4.30. The van der Waals surface area contributed by atoms with Gasteiger partial charge in [0, 0.05) is 38.4 Å². The SMILES string of the molecule is CCNC(=NCCCCCN1CCCCC1)NC1CCN(c2ccccn2)CC1.I. The molecule has 0 aliphatic carbocycles. The van der Waals surface area contributed by atoms with Crippen molar-refractivity contribution in [2.45, 2.75) is 64.3 Å². The molecule has 0 amide bonds. The van der Waals surface area contributed by atoms with Gasteiger partial charge in [-0.1, -0.05) is 18.9 Å². The number of nitrogens with one attached hydrogen (secondary N) is 2. The summed E-state index contributed by atoms with van der Waals surface area (Å²) >= 11 is 0. The molecule has 0 spiro atoms. The summed E-state index contributed by atoms with van der Waals surface area (Å²) in [5, 5.41) is 7.08. The first-order chi connectivity index (χ1) is 14.3. The Kier molecular flexibility index (Phi) is 12.4. The van der Waals surface area contributed by atoms with Gasteiger partial charge < -0.3 is 20.4 Å². The first-order valence-corrected chi connectivity index (χ1v) is 11.8. The van der Waals surface area contributed by atoms with Crippen LogP contribution in [-0.4, -0.2) is 67.7 Å². The van der Waals surface area contributed by atoms with Crippen molar-refractivity contribution in [1.82, 2.24) is 20.5 Å². The second kappa shape index (κ2) is 14.8. The normalized spacial score (nSPS) is 18.7. The van der Waals surface area contributed by atoms with Crippen LogP contribution in [0.1, 0.15) is 58.3 Å². The molecular formula is C23H41IN6. The van der Waals surface area contributed by atoms with Crippen LogP contribution in [0, 0.1) is 0 Å². The number of nitrogens with zero attached hydrogens (tertiary/aromatic N) is 4. The van der Waals surface area contributed by atoms with Gasteiger partial charge in [-0.25, -0.2) is 4.98 Å². The lowest BCUT2D eigenvalue weighted by Crippen LogP contribution is -2.49. The Balaban J connectivity index is 0.00000320. The highest BCUT2D eigenvalue weighted by atomic mass is 127. The summed E-state index contributed by atoms with van der Waals surface area (Å²) in [5.74, 6) is 2.08. The van der Waals surface area contributed by atoms with E-state index in [0.717, 1.165) is 50.8 Å². The van der Waals surface area contributed by atoms with Crippen LogP contribution in [-0.2, 0) is 0 Å². The van der Waals surface area contributed by atoms with Gasteiger partial charge in [-0.15, -0.1) is 24.0 Å². The molecular weight excluding hydrogens is 487 g/mol. The lowest BCUT2D eigenvalue weighted by atomic mass is 10.1. The number of aromatic nitrogens is 1. The highest BCUT2D eigenvalue weighted by molar-refractivity contribution is 14.0. The zero-order chi connectivity index (χ0) is 20.2. The first kappa shape index (κ1) is 25.2. The Bertz CT molecular complexity index is 583. The fraction of sp³-hybridized carbons (Fsp3) is 0.739. The standard InChI is InChI=1S/C23H40N6.HI/c1-2-24-23(26-15-6-3-8-16-28-17-9-4-10-18-28)27-21-12-19-29(20-13-21)22-11-5-7-14-25-22;/h5,7,11,14,21H,2-4,6,8-10,12-13,15-20H2,1H3,(H2,24,26,27);1H. The third-order valence-corrected chi connectivity index (χ3v) is 6.00. The van der Waals surface area contributed by atoms with E-state index >= 15 is 0 Å². The Morgan fingerprint density at radius 1 is 1.07 bits per heavy atom. The summed E-state index contributed by atoms with van der Waals surface area (Å²) in [6.45, 7) is 9.96. The fourth-order valence-corrected chi connectivity index (χ4v) is 4.30. The van der Waals surface area contributed by atoms with Crippen LogP contribution >= 0.6 is 24.0 Å². The smallest absolute Gasteiger partial charge is 0.191 e. The molecule has 1 aromatic heterocycles. The highest BCUT2D eigenvalue weighted by Crippen LogP contribution is 2.17. The summed E-state index contributed by atoms with van der Waals surface area (Å²) in [5.41, 5.74) is 0. The zero-order valence-corrected chi connectivity index (χ0v) is 21.0. The van der Waals surface area contributed by atoms with Crippen LogP contribution in [0.3, 0.4) is 0 Å². The summed E-state index contributed by atoms with van der Waals surface area (Å²) in [6.07, 6.45) is 12.1. The van der Waals surface area contributed by atoms with Gasteiger partial charge in [0.05, 0.1) is 0 Å². The van der Waals surface area contributed by atoms with Gasteiger partial charge in [0.1, 0.15) is 5.82 Å². The molecule has 1 aromatic rings. The number of halogens is 1. The molecule has 30 heavy (non-hydrogen) atoms. The van der Waals surface area contributed by atoms with Crippen molar-refractivity contribution in [2.75, 3.05) is 50.7 Å². The summed E-state index contributed by atoms with van der Waals surface area (Å²) in [6, 6.07) is 6.64. The summed E-state index contributed by atoms with van der Waals surface area (Å²) in [4.78, 5) is 14.3. The van der Waals surface area contributed by atoms with E-state index < -0.39 is 0 Å². The van der Waals surface area contributed by atoms with Crippen molar-refractivity contribution < 1.29 is 0 Å². The van der Waals surface area contributed by atoms with Gasteiger partial charge in [0.2, 0.25) is 0 Å². The molecule has 3 rings (SSSR count). The van der Waals surface area contributed by atoms with Crippen molar-refractivity contribution >= 4 is 35.8 Å². The Morgan fingerprint density at radius 2 is 1.87 bits per heavy atom. The van der Waals surface area contributed by atoms with E-state index in [1.54, 1.807) is 0 Å². The van der Waals surface area contributed by atoms with Gasteiger partial charge >= 0.3 is 0 Å². The predicted octanol–water partition coefficient (Wildman–Crippen LogP) is 3.88. The van der Waals surface area contributed by atoms with Crippen molar-refractivity contribution in [2.24, 2.45) is 4.99 Å². The zero-order valence-electron chi connectivity index (χ0n) is 18.7. The molecule has 2 N–H and O–H groups in total. The third kappa shape index (κ3) is 8.96. The number of hydrogen-bond donors (Lipinski definition) is 2. The number of hydrogen-bond acceptors (Lipinski definition) is 4. The molecule has 2 fully saturated rings. The van der Waals surface area contributed by atoms with Gasteiger partial charge in [-0.2, -0.15) is 0 Å². The molecule has 0 unspecified atom stereocenters. The van der Waals surface area contributed by atoms with Crippen LogP contribution in [0.25, 0.3) is 0 Å². The maximum absolute atomic E-state index is 4.82. The monoisotopic (exact) mass is 528 g/mol. The number of aliphatic imine (C=N–C) groups is 1. The van der Waals surface area contributed by atoms with E-state index in [1.807, 2.05) is 12.3 Å². The van der Waals surface area contributed by atoms with Crippen molar-refractivity contribution in [3.05, 3.63) is 24.4 Å². The van der Waals surface area contributed by atoms with Crippen molar-refractivity contribution in [3.8, 4) is 0 Å². The van der Waals surface area contributed by atoms with E-state index in [-0.39, 0.29) is 24.0 Å². The Hall–Kier alpha value is -1.09. The molecule has 3 heterocycles. The molecule has 0 radical (unpaired) electrons. The van der Waals surface area contributed by atoms with E-state index in [9.17, 15) is 0 Å². The minimum atomic E-state index is 0. The average molecular weight is 529 g/mol. The highest BCUT2D eigenvalue weighted by Gasteiger charge is 2.20. The van der Waals surface area contributed by atoms with E-state index in [0.29, 0.717) is 6.04 Å². The molecule has 2 saturated heterocycles. The van der Waals surface area contributed by atoms with Crippen LogP contribution in [0.5, 0.6) is 0 Å². The molecule has 0 bridgehead atoms. The first-order valence-electron chi connectivity index (χ1n) is 11.8. The third-order valence-electron chi connectivity index (χ3n) is 6.00. The molecule has 7 heteroatoms. The van der Waals surface area contributed by atoms with Crippen LogP contribution in [0.4, 0.5) is 5.82 Å². The summed E-state index contributed by atoms with van der Waals surface area (Å²) < 4.78 is 0. The van der Waals surface area contributed by atoms with Crippen LogP contribution in [0.15, 0.2) is 29.4 Å². The second-order valence-electron chi connectivity index (χ2n) is 8.32. The van der Waals surface area contributed by atoms with Crippen LogP contribution < -0.4 is 15.5 Å². The molecule has 2 aliphatic rings. The molecule has 0 saturated carbocycles. The molecule has 2 aliphatic heterocycles. The van der Waals surface area contributed by atoms with E-state index in [1.165, 1.54) is 58.2 Å². The maximum atomic E-state index is 4.82. The molecule has 170 valence electrons. The predicted molar refractivity (Wildman–Crippen MR) is 138 cm³/mol. The number of likely N-dealkylation sites (tertiary alicyclic amines) is 1. The van der Waals surface area contributed by atoms with E-state index in [4.69, 9.17) is 4.99 Å².